The molecule has 0 saturated heterocycles. The second-order valence-corrected chi connectivity index (χ2v) is 11.2. The highest BCUT2D eigenvalue weighted by Crippen LogP contribution is 2.60. The number of rotatable bonds is 8. The summed E-state index contributed by atoms with van der Waals surface area (Å²) in [5.74, 6) is 0.453. The molecule has 0 radical (unpaired) electrons. The molecule has 0 spiro atoms. The molecule has 1 aromatic carbocycles. The summed E-state index contributed by atoms with van der Waals surface area (Å²) in [5, 5.41) is 7.74. The molecule has 1 aromatic heterocycles. The molecule has 0 unspecified atom stereocenters. The van der Waals surface area contributed by atoms with Gasteiger partial charge in [-0.2, -0.15) is 46.9 Å². The van der Waals surface area contributed by atoms with E-state index >= 15 is 0 Å². The van der Waals surface area contributed by atoms with Crippen LogP contribution < -0.4 is 0 Å². The van der Waals surface area contributed by atoms with Gasteiger partial charge in [0, 0.05) is 32.6 Å². The smallest absolute Gasteiger partial charge is 0.368 e. The van der Waals surface area contributed by atoms with Crippen LogP contribution in [0.1, 0.15) is 21.0 Å². The van der Waals surface area contributed by atoms with E-state index in [1.807, 2.05) is 0 Å². The summed E-state index contributed by atoms with van der Waals surface area (Å²) in [7, 11) is -5.74. The van der Waals surface area contributed by atoms with Gasteiger partial charge in [-0.25, -0.2) is 4.98 Å². The summed E-state index contributed by atoms with van der Waals surface area (Å²) >= 11 is 4.06. The van der Waals surface area contributed by atoms with E-state index in [4.69, 9.17) is 9.79 Å². The standard InChI is InChI=1S/C17H13BrF8NO4PS2/c18-12-6-9(3-4-11(12)15(19,20)32(29,30)31)8-33-5-1-2-10-7-27-13(34-10)14(28,16(21,22)23)17(24,25)26/h1-4,6-7,28H,5,8H2,(H2,29,30,31). The summed E-state index contributed by atoms with van der Waals surface area (Å²) in [4.78, 5) is 20.6. The molecule has 2 aromatic rings. The van der Waals surface area contributed by atoms with Crippen LogP contribution >= 0.6 is 46.6 Å². The summed E-state index contributed by atoms with van der Waals surface area (Å²) < 4.78 is 116. The minimum Gasteiger partial charge on any atom is -0.368 e. The van der Waals surface area contributed by atoms with Gasteiger partial charge in [-0.1, -0.05) is 34.1 Å². The van der Waals surface area contributed by atoms with E-state index in [1.165, 1.54) is 36.0 Å². The lowest BCUT2D eigenvalue weighted by molar-refractivity contribution is -0.376. The van der Waals surface area contributed by atoms with Crippen molar-refractivity contribution < 1.29 is 54.6 Å². The number of hydrogen-bond acceptors (Lipinski definition) is 5. The molecule has 0 aliphatic heterocycles. The van der Waals surface area contributed by atoms with Crippen LogP contribution in [0.25, 0.3) is 6.08 Å². The first-order valence-corrected chi connectivity index (χ1v) is 13.0. The fraction of sp³-hybridized carbons (Fsp3) is 0.353. The highest BCUT2D eigenvalue weighted by atomic mass is 79.9. The van der Waals surface area contributed by atoms with E-state index < -0.39 is 41.8 Å². The summed E-state index contributed by atoms with van der Waals surface area (Å²) in [6.45, 7) is 0. The van der Waals surface area contributed by atoms with Gasteiger partial charge in [0.15, 0.2) is 0 Å². The molecule has 3 N–H and O–H groups in total. The van der Waals surface area contributed by atoms with E-state index in [0.29, 0.717) is 5.56 Å². The molecule has 0 bridgehead atoms. The second kappa shape index (κ2) is 10.1. The van der Waals surface area contributed by atoms with E-state index in [9.17, 15) is 44.8 Å². The Morgan fingerprint density at radius 2 is 1.68 bits per heavy atom. The van der Waals surface area contributed by atoms with Crippen LogP contribution in [0.2, 0.25) is 0 Å². The molecule has 34 heavy (non-hydrogen) atoms. The third-order valence-electron chi connectivity index (χ3n) is 4.14. The van der Waals surface area contributed by atoms with Crippen LogP contribution in [0.4, 0.5) is 35.1 Å². The molecule has 17 heteroatoms. The number of thioether (sulfide) groups is 1. The van der Waals surface area contributed by atoms with Crippen LogP contribution in [0.15, 0.2) is 34.9 Å². The Kier molecular flexibility index (Phi) is 8.72. The van der Waals surface area contributed by atoms with Gasteiger partial charge in [0.05, 0.1) is 0 Å². The van der Waals surface area contributed by atoms with Gasteiger partial charge < -0.3 is 14.9 Å². The second-order valence-electron chi connectivity index (χ2n) is 6.59. The van der Waals surface area contributed by atoms with Gasteiger partial charge in [-0.15, -0.1) is 11.3 Å². The van der Waals surface area contributed by atoms with Crippen LogP contribution in [-0.2, 0) is 21.6 Å². The normalized spacial score (nSPS) is 14.2. The Hall–Kier alpha value is -1.03. The maximum atomic E-state index is 13.8. The van der Waals surface area contributed by atoms with Crippen LogP contribution in [0, 0.1) is 0 Å². The average molecular weight is 622 g/mol. The molecular weight excluding hydrogens is 609 g/mol. The van der Waals surface area contributed by atoms with Gasteiger partial charge in [0.1, 0.15) is 5.01 Å². The Morgan fingerprint density at radius 3 is 2.18 bits per heavy atom. The van der Waals surface area contributed by atoms with Crippen molar-refractivity contribution >= 4 is 52.7 Å². The third-order valence-corrected chi connectivity index (χ3v) is 7.81. The van der Waals surface area contributed by atoms with Gasteiger partial charge in [0.25, 0.3) is 0 Å². The van der Waals surface area contributed by atoms with E-state index in [1.54, 1.807) is 0 Å². The summed E-state index contributed by atoms with van der Waals surface area (Å²) in [6.07, 6.45) is -8.69. The van der Waals surface area contributed by atoms with Crippen molar-refractivity contribution in [3.05, 3.63) is 56.0 Å². The molecule has 0 aliphatic rings. The van der Waals surface area contributed by atoms with Crippen molar-refractivity contribution in [1.82, 2.24) is 4.98 Å². The molecule has 0 atom stereocenters. The zero-order chi connectivity index (χ0) is 26.2. The number of aliphatic hydroxyl groups is 1. The molecule has 2 rings (SSSR count). The monoisotopic (exact) mass is 621 g/mol. The minimum absolute atomic E-state index is 0.0176. The van der Waals surface area contributed by atoms with Crippen LogP contribution in [-0.4, -0.2) is 38.0 Å². The van der Waals surface area contributed by atoms with Gasteiger partial charge >= 0.3 is 31.2 Å². The Balaban J connectivity index is 2.03. The largest absolute Gasteiger partial charge is 0.433 e. The molecule has 0 aliphatic carbocycles. The predicted molar refractivity (Wildman–Crippen MR) is 113 cm³/mol. The molecule has 190 valence electrons. The fourth-order valence-electron chi connectivity index (χ4n) is 2.39. The van der Waals surface area contributed by atoms with E-state index in [0.717, 1.165) is 12.3 Å². The van der Waals surface area contributed by atoms with Crippen LogP contribution in [0.5, 0.6) is 0 Å². The average Bonchev–Trinajstić information content (AvgIpc) is 3.13. The molecule has 0 amide bonds. The first-order valence-electron chi connectivity index (χ1n) is 8.61. The van der Waals surface area contributed by atoms with Crippen molar-refractivity contribution in [2.75, 3.05) is 5.75 Å². The number of aromatic nitrogens is 1. The summed E-state index contributed by atoms with van der Waals surface area (Å²) in [5.41, 5.74) is -9.89. The van der Waals surface area contributed by atoms with Crippen LogP contribution in [0.3, 0.4) is 0 Å². The fourth-order valence-corrected chi connectivity index (χ4v) is 5.47. The van der Waals surface area contributed by atoms with Gasteiger partial charge in [-0.3, -0.25) is 4.57 Å². The molecule has 0 fully saturated rings. The first kappa shape index (κ1) is 29.2. The first-order chi connectivity index (χ1) is 15.3. The number of nitrogens with zero attached hydrogens (tertiary/aromatic N) is 1. The molecule has 5 nitrogen and oxygen atoms in total. The Bertz CT molecular complexity index is 1090. The number of thiazole rings is 1. The molecule has 1 heterocycles. The Labute approximate surface area is 203 Å². The number of hydrogen-bond donors (Lipinski definition) is 3. The number of benzene rings is 1. The highest BCUT2D eigenvalue weighted by Gasteiger charge is 2.73. The third kappa shape index (κ3) is 6.02. The van der Waals surface area contributed by atoms with Crippen molar-refractivity contribution in [1.29, 1.82) is 0 Å². The SMILES string of the molecule is O=P(O)(O)C(F)(F)c1ccc(CSCC=Cc2cnc(C(O)(C(F)(F)F)C(F)(F)F)s2)cc1Br. The zero-order valence-electron chi connectivity index (χ0n) is 16.2. The lowest BCUT2D eigenvalue weighted by Crippen LogP contribution is -2.53. The van der Waals surface area contributed by atoms with Crippen molar-refractivity contribution in [3.8, 4) is 0 Å². The molecule has 0 saturated carbocycles. The maximum Gasteiger partial charge on any atom is 0.433 e. The van der Waals surface area contributed by atoms with Crippen molar-refractivity contribution in [2.24, 2.45) is 0 Å². The van der Waals surface area contributed by atoms with Gasteiger partial charge in [-0.05, 0) is 17.7 Å². The number of alkyl halides is 8. The van der Waals surface area contributed by atoms with Crippen molar-refractivity contribution in [3.63, 3.8) is 0 Å². The Morgan fingerprint density at radius 1 is 1.09 bits per heavy atom. The molecular formula is C17H13BrF8NO4PS2. The maximum absolute atomic E-state index is 13.8. The predicted octanol–water partition coefficient (Wildman–Crippen LogP) is 6.39. The topological polar surface area (TPSA) is 90.7 Å². The highest BCUT2D eigenvalue weighted by molar-refractivity contribution is 9.10. The van der Waals surface area contributed by atoms with Crippen molar-refractivity contribution in [2.45, 2.75) is 29.4 Å². The van der Waals surface area contributed by atoms with Gasteiger partial charge in [0.2, 0.25) is 0 Å². The van der Waals surface area contributed by atoms with E-state index in [2.05, 4.69) is 20.9 Å². The number of halogens is 9. The zero-order valence-corrected chi connectivity index (χ0v) is 20.4. The quantitative estimate of drug-likeness (QED) is 0.180. The lowest BCUT2D eigenvalue weighted by Gasteiger charge is -2.30. The summed E-state index contributed by atoms with van der Waals surface area (Å²) in [6, 6.07) is 3.32. The minimum atomic E-state index is -6.03. The van der Waals surface area contributed by atoms with E-state index in [-0.39, 0.29) is 32.2 Å². The lowest BCUT2D eigenvalue weighted by atomic mass is 10.0.